The van der Waals surface area contributed by atoms with Gasteiger partial charge in [-0.15, -0.1) is 0 Å². The van der Waals surface area contributed by atoms with Gasteiger partial charge < -0.3 is 20.1 Å². The Labute approximate surface area is 222 Å². The lowest BCUT2D eigenvalue weighted by atomic mass is 9.60. The third-order valence-electron chi connectivity index (χ3n) is 9.45. The summed E-state index contributed by atoms with van der Waals surface area (Å²) in [5, 5.41) is 29.2. The van der Waals surface area contributed by atoms with Crippen molar-refractivity contribution < 1.29 is 29.6 Å². The molecule has 37 heavy (non-hydrogen) atoms. The number of carbonyl (C=O) groups is 2. The van der Waals surface area contributed by atoms with Crippen molar-refractivity contribution in [2.24, 2.45) is 23.2 Å². The van der Waals surface area contributed by atoms with Crippen LogP contribution in [0.25, 0.3) is 0 Å². The van der Waals surface area contributed by atoms with Gasteiger partial charge in [0.25, 0.3) is 0 Å². The lowest BCUT2D eigenvalue weighted by molar-refractivity contribution is -0.152. The SMILES string of the molecule is C=C1CC[C@H](OC(=O)CCC(=O)O)C/C1=C/C=C1\CCC[C@]2(C)[C@@H](C(C)CC[C@@H](O)C(C)(C)O)CC[C@@H]12. The lowest BCUT2D eigenvalue weighted by Gasteiger charge is -2.44. The molecule has 3 aliphatic carbocycles. The zero-order chi connectivity index (χ0) is 27.4. The molecule has 3 aliphatic rings. The molecule has 6 atom stereocenters. The molecule has 6 heteroatoms. The fourth-order valence-electron chi connectivity index (χ4n) is 7.12. The number of hydrogen-bond donors (Lipinski definition) is 3. The summed E-state index contributed by atoms with van der Waals surface area (Å²) in [6, 6.07) is 0. The van der Waals surface area contributed by atoms with E-state index in [1.54, 1.807) is 13.8 Å². The van der Waals surface area contributed by atoms with E-state index in [1.807, 2.05) is 0 Å². The second-order valence-electron chi connectivity index (χ2n) is 12.6. The molecule has 0 bridgehead atoms. The van der Waals surface area contributed by atoms with Gasteiger partial charge in [-0.25, -0.2) is 0 Å². The van der Waals surface area contributed by atoms with Gasteiger partial charge in [-0.05, 0) is 100 Å². The van der Waals surface area contributed by atoms with Crippen LogP contribution in [-0.2, 0) is 14.3 Å². The maximum atomic E-state index is 12.0. The Balaban J connectivity index is 1.65. The van der Waals surface area contributed by atoms with Crippen molar-refractivity contribution in [1.29, 1.82) is 0 Å². The monoisotopic (exact) mass is 516 g/mol. The van der Waals surface area contributed by atoms with Crippen LogP contribution >= 0.6 is 0 Å². The van der Waals surface area contributed by atoms with Gasteiger partial charge in [-0.3, -0.25) is 9.59 Å². The van der Waals surface area contributed by atoms with Crippen LogP contribution in [-0.4, -0.2) is 45.1 Å². The zero-order valence-electron chi connectivity index (χ0n) is 23.3. The molecular formula is C31H48O6. The molecule has 0 aliphatic heterocycles. The molecule has 0 heterocycles. The first-order valence-corrected chi connectivity index (χ1v) is 14.2. The summed E-state index contributed by atoms with van der Waals surface area (Å²) in [6.45, 7) is 12.4. The van der Waals surface area contributed by atoms with E-state index in [9.17, 15) is 19.8 Å². The second-order valence-corrected chi connectivity index (χ2v) is 12.6. The first-order valence-electron chi connectivity index (χ1n) is 14.2. The molecule has 0 spiro atoms. The Morgan fingerprint density at radius 3 is 2.57 bits per heavy atom. The van der Waals surface area contributed by atoms with Crippen LogP contribution in [0.5, 0.6) is 0 Å². The number of carbonyl (C=O) groups excluding carboxylic acids is 1. The standard InChI is InChI=1S/C31H48O6/c1-20-8-12-24(37-29(35)17-16-28(33)34)19-23(20)11-10-22-7-6-18-31(5)25(13-14-26(22)31)21(2)9-15-27(32)30(3,4)36/h10-11,21,24-27,32,36H,1,6-9,12-19H2,2-5H3,(H,33,34)/b22-10+,23-11-/t21?,24-,25+,26-,27+,31+/m0/s1. The van der Waals surface area contributed by atoms with E-state index in [2.05, 4.69) is 32.6 Å². The molecule has 3 rings (SSSR count). The van der Waals surface area contributed by atoms with Gasteiger partial charge in [0, 0.05) is 6.42 Å². The first kappa shape index (κ1) is 29.6. The van der Waals surface area contributed by atoms with Crippen LogP contribution in [0.2, 0.25) is 0 Å². The molecule has 0 saturated heterocycles. The van der Waals surface area contributed by atoms with Gasteiger partial charge in [-0.1, -0.05) is 43.7 Å². The van der Waals surface area contributed by atoms with E-state index in [0.29, 0.717) is 30.6 Å². The highest BCUT2D eigenvalue weighted by Crippen LogP contribution is 2.60. The number of hydrogen-bond acceptors (Lipinski definition) is 5. The number of ether oxygens (including phenoxy) is 1. The predicted octanol–water partition coefficient (Wildman–Crippen LogP) is 6.12. The number of carboxylic acids is 1. The Morgan fingerprint density at radius 2 is 1.89 bits per heavy atom. The average molecular weight is 517 g/mol. The fourth-order valence-corrected chi connectivity index (χ4v) is 7.12. The molecule has 0 aromatic carbocycles. The third kappa shape index (κ3) is 7.57. The summed E-state index contributed by atoms with van der Waals surface area (Å²) in [7, 11) is 0. The normalized spacial score (nSPS) is 32.3. The van der Waals surface area contributed by atoms with Crippen molar-refractivity contribution >= 4 is 11.9 Å². The van der Waals surface area contributed by atoms with Crippen LogP contribution in [0.4, 0.5) is 0 Å². The van der Waals surface area contributed by atoms with E-state index in [4.69, 9.17) is 9.84 Å². The Hall–Kier alpha value is -1.92. The van der Waals surface area contributed by atoms with Crippen LogP contribution in [0.15, 0.2) is 35.5 Å². The summed E-state index contributed by atoms with van der Waals surface area (Å²) in [4.78, 5) is 22.7. The number of esters is 1. The molecule has 6 nitrogen and oxygen atoms in total. The summed E-state index contributed by atoms with van der Waals surface area (Å²) >= 11 is 0. The number of aliphatic hydroxyl groups excluding tert-OH is 1. The largest absolute Gasteiger partial charge is 0.481 e. The molecule has 3 N–H and O–H groups in total. The molecule has 0 radical (unpaired) electrons. The topological polar surface area (TPSA) is 104 Å². The Kier molecular flexibility index (Phi) is 9.85. The average Bonchev–Trinajstić information content (AvgIpc) is 3.18. The lowest BCUT2D eigenvalue weighted by Crippen LogP contribution is -2.38. The number of rotatable bonds is 10. The van der Waals surface area contributed by atoms with Crippen molar-refractivity contribution in [3.05, 3.63) is 35.5 Å². The Morgan fingerprint density at radius 1 is 1.16 bits per heavy atom. The Bertz CT molecular complexity index is 909. The molecule has 0 amide bonds. The maximum absolute atomic E-state index is 12.0. The van der Waals surface area contributed by atoms with Crippen molar-refractivity contribution in [1.82, 2.24) is 0 Å². The van der Waals surface area contributed by atoms with Gasteiger partial charge in [-0.2, -0.15) is 0 Å². The van der Waals surface area contributed by atoms with Gasteiger partial charge in [0.1, 0.15) is 6.10 Å². The quantitative estimate of drug-likeness (QED) is 0.302. The minimum atomic E-state index is -1.06. The number of fused-ring (bicyclic) bond motifs is 1. The van der Waals surface area contributed by atoms with Gasteiger partial charge in [0.15, 0.2) is 0 Å². The molecular weight excluding hydrogens is 468 g/mol. The summed E-state index contributed by atoms with van der Waals surface area (Å²) in [6.07, 6.45) is 12.9. The highest BCUT2D eigenvalue weighted by molar-refractivity contribution is 5.76. The minimum Gasteiger partial charge on any atom is -0.481 e. The smallest absolute Gasteiger partial charge is 0.306 e. The molecule has 3 saturated carbocycles. The zero-order valence-corrected chi connectivity index (χ0v) is 23.3. The van der Waals surface area contributed by atoms with Crippen molar-refractivity contribution in [3.8, 4) is 0 Å². The van der Waals surface area contributed by atoms with Gasteiger partial charge >= 0.3 is 11.9 Å². The predicted molar refractivity (Wildman–Crippen MR) is 145 cm³/mol. The van der Waals surface area contributed by atoms with E-state index in [0.717, 1.165) is 36.8 Å². The molecule has 208 valence electrons. The van der Waals surface area contributed by atoms with Crippen molar-refractivity contribution in [2.45, 2.75) is 123 Å². The second kappa shape index (κ2) is 12.3. The number of allylic oxidation sites excluding steroid dienone is 4. The highest BCUT2D eigenvalue weighted by atomic mass is 16.5. The van der Waals surface area contributed by atoms with E-state index in [1.165, 1.54) is 31.3 Å². The fraction of sp³-hybridized carbons (Fsp3) is 0.742. The summed E-state index contributed by atoms with van der Waals surface area (Å²) < 4.78 is 5.56. The minimum absolute atomic E-state index is 0.0908. The third-order valence-corrected chi connectivity index (χ3v) is 9.45. The highest BCUT2D eigenvalue weighted by Gasteiger charge is 2.50. The van der Waals surface area contributed by atoms with Crippen LogP contribution in [0, 0.1) is 23.2 Å². The number of aliphatic hydroxyl groups is 2. The summed E-state index contributed by atoms with van der Waals surface area (Å²) in [5.74, 6) is 0.241. The molecule has 0 aromatic rings. The molecule has 0 aromatic heterocycles. The van der Waals surface area contributed by atoms with Crippen LogP contribution in [0.3, 0.4) is 0 Å². The van der Waals surface area contributed by atoms with Crippen molar-refractivity contribution in [3.63, 3.8) is 0 Å². The van der Waals surface area contributed by atoms with Gasteiger partial charge in [0.2, 0.25) is 0 Å². The van der Waals surface area contributed by atoms with E-state index < -0.39 is 23.6 Å². The van der Waals surface area contributed by atoms with Crippen LogP contribution < -0.4 is 0 Å². The molecule has 1 unspecified atom stereocenters. The first-order chi connectivity index (χ1) is 17.3. The number of carboxylic acid groups (broad SMARTS) is 1. The maximum Gasteiger partial charge on any atom is 0.306 e. The van der Waals surface area contributed by atoms with E-state index >= 15 is 0 Å². The van der Waals surface area contributed by atoms with E-state index in [-0.39, 0.29) is 24.4 Å². The molecule has 3 fully saturated rings. The number of aliphatic carboxylic acids is 1. The summed E-state index contributed by atoms with van der Waals surface area (Å²) in [5.41, 5.74) is 2.94. The van der Waals surface area contributed by atoms with Gasteiger partial charge in [0.05, 0.1) is 24.5 Å². The van der Waals surface area contributed by atoms with Crippen LogP contribution in [0.1, 0.15) is 105 Å². The van der Waals surface area contributed by atoms with Crippen molar-refractivity contribution in [2.75, 3.05) is 0 Å².